The second-order valence-corrected chi connectivity index (χ2v) is 7.40. The summed E-state index contributed by atoms with van der Waals surface area (Å²) in [4.78, 5) is 23.8. The second-order valence-electron chi connectivity index (χ2n) is 5.52. The fourth-order valence-electron chi connectivity index (χ4n) is 2.04. The number of benzene rings is 1. The van der Waals surface area contributed by atoms with Gasteiger partial charge in [-0.2, -0.15) is 23.1 Å². The molecule has 0 atom stereocenters. The summed E-state index contributed by atoms with van der Waals surface area (Å²) >= 11 is 3.48. The van der Waals surface area contributed by atoms with Gasteiger partial charge in [-0.15, -0.1) is 0 Å². The first-order valence-corrected chi connectivity index (χ1v) is 9.87. The molecule has 1 aromatic carbocycles. The summed E-state index contributed by atoms with van der Waals surface area (Å²) in [6, 6.07) is 7.63. The Morgan fingerprint density at radius 1 is 1.12 bits per heavy atom. The van der Waals surface area contributed by atoms with Gasteiger partial charge in [0.25, 0.3) is 5.91 Å². The quantitative estimate of drug-likeness (QED) is 0.709. The van der Waals surface area contributed by atoms with E-state index in [0.29, 0.717) is 12.1 Å². The zero-order valence-corrected chi connectivity index (χ0v) is 15.6. The van der Waals surface area contributed by atoms with Crippen LogP contribution >= 0.6 is 23.1 Å². The third-order valence-corrected chi connectivity index (χ3v) is 5.36. The van der Waals surface area contributed by atoms with E-state index < -0.39 is 0 Å². The van der Waals surface area contributed by atoms with Crippen molar-refractivity contribution >= 4 is 34.9 Å². The third-order valence-electron chi connectivity index (χ3n) is 3.60. The van der Waals surface area contributed by atoms with Crippen LogP contribution in [0.3, 0.4) is 0 Å². The highest BCUT2D eigenvalue weighted by molar-refractivity contribution is 7.98. The molecular formula is C18H22N2O2S2. The third kappa shape index (κ3) is 6.02. The molecule has 4 nitrogen and oxygen atoms in total. The van der Waals surface area contributed by atoms with Gasteiger partial charge in [0.1, 0.15) is 0 Å². The second kappa shape index (κ2) is 9.49. The summed E-state index contributed by atoms with van der Waals surface area (Å²) in [5.41, 5.74) is 4.10. The van der Waals surface area contributed by atoms with Crippen LogP contribution in [0.2, 0.25) is 0 Å². The molecule has 2 aromatic rings. The Labute approximate surface area is 151 Å². The summed E-state index contributed by atoms with van der Waals surface area (Å²) < 4.78 is 0. The smallest absolute Gasteiger partial charge is 0.251 e. The van der Waals surface area contributed by atoms with E-state index >= 15 is 0 Å². The summed E-state index contributed by atoms with van der Waals surface area (Å²) in [5.74, 6) is 1.43. The minimum Gasteiger partial charge on any atom is -0.354 e. The molecule has 0 fully saturated rings. The summed E-state index contributed by atoms with van der Waals surface area (Å²) in [6.07, 6.45) is 0. The Hall–Kier alpha value is -1.79. The Morgan fingerprint density at radius 2 is 1.96 bits per heavy atom. The zero-order chi connectivity index (χ0) is 17.4. The largest absolute Gasteiger partial charge is 0.354 e. The maximum atomic E-state index is 12.0. The number of carbonyl (C=O) groups excluding carboxylic acids is 2. The number of thiophene rings is 1. The Balaban J connectivity index is 1.61. The Kier molecular flexibility index (Phi) is 7.34. The molecule has 1 aromatic heterocycles. The van der Waals surface area contributed by atoms with Crippen LogP contribution < -0.4 is 10.6 Å². The topological polar surface area (TPSA) is 58.2 Å². The van der Waals surface area contributed by atoms with Crippen LogP contribution in [-0.4, -0.2) is 30.7 Å². The van der Waals surface area contributed by atoms with Gasteiger partial charge < -0.3 is 10.6 Å². The maximum absolute atomic E-state index is 12.0. The van der Waals surface area contributed by atoms with E-state index in [0.717, 1.165) is 22.6 Å². The monoisotopic (exact) mass is 362 g/mol. The first-order chi connectivity index (χ1) is 11.6. The molecule has 0 saturated heterocycles. The van der Waals surface area contributed by atoms with E-state index in [4.69, 9.17) is 0 Å². The molecule has 0 bridgehead atoms. The molecule has 24 heavy (non-hydrogen) atoms. The molecule has 1 heterocycles. The van der Waals surface area contributed by atoms with E-state index in [1.807, 2.05) is 26.0 Å². The van der Waals surface area contributed by atoms with Gasteiger partial charge in [-0.25, -0.2) is 0 Å². The summed E-state index contributed by atoms with van der Waals surface area (Å²) in [5, 5.41) is 9.67. The van der Waals surface area contributed by atoms with Gasteiger partial charge in [-0.3, -0.25) is 9.59 Å². The van der Waals surface area contributed by atoms with Crippen molar-refractivity contribution in [1.29, 1.82) is 0 Å². The van der Waals surface area contributed by atoms with Crippen molar-refractivity contribution in [2.75, 3.05) is 18.8 Å². The van der Waals surface area contributed by atoms with E-state index in [-0.39, 0.29) is 18.4 Å². The molecule has 128 valence electrons. The van der Waals surface area contributed by atoms with Crippen molar-refractivity contribution in [3.63, 3.8) is 0 Å². The van der Waals surface area contributed by atoms with Crippen LogP contribution in [-0.2, 0) is 10.5 Å². The molecule has 0 spiro atoms. The average Bonchev–Trinajstić information content (AvgIpc) is 3.08. The van der Waals surface area contributed by atoms with Gasteiger partial charge in [-0.1, -0.05) is 6.07 Å². The SMILES string of the molecule is Cc1ccc(C(=O)NCC(=O)NCCSCc2ccsc2)cc1C. The lowest BCUT2D eigenvalue weighted by Crippen LogP contribution is -2.37. The van der Waals surface area contributed by atoms with Crippen LogP contribution in [0.1, 0.15) is 27.0 Å². The van der Waals surface area contributed by atoms with Crippen LogP contribution in [0.15, 0.2) is 35.0 Å². The highest BCUT2D eigenvalue weighted by atomic mass is 32.2. The number of aryl methyl sites for hydroxylation is 2. The van der Waals surface area contributed by atoms with Crippen LogP contribution in [0.25, 0.3) is 0 Å². The molecular weight excluding hydrogens is 340 g/mol. The fourth-order valence-corrected chi connectivity index (χ4v) is 3.62. The van der Waals surface area contributed by atoms with Gasteiger partial charge in [0.2, 0.25) is 5.91 Å². The van der Waals surface area contributed by atoms with Gasteiger partial charge in [0.15, 0.2) is 0 Å². The molecule has 2 amide bonds. The normalized spacial score (nSPS) is 10.4. The average molecular weight is 363 g/mol. The first-order valence-electron chi connectivity index (χ1n) is 7.77. The van der Waals surface area contributed by atoms with Gasteiger partial charge in [0, 0.05) is 23.6 Å². The molecule has 0 saturated carbocycles. The van der Waals surface area contributed by atoms with E-state index in [9.17, 15) is 9.59 Å². The number of thioether (sulfide) groups is 1. The summed E-state index contributed by atoms with van der Waals surface area (Å²) in [6.45, 7) is 4.57. The van der Waals surface area contributed by atoms with E-state index in [2.05, 4.69) is 27.5 Å². The number of nitrogens with one attached hydrogen (secondary N) is 2. The maximum Gasteiger partial charge on any atom is 0.251 e. The van der Waals surface area contributed by atoms with Crippen molar-refractivity contribution in [3.05, 3.63) is 57.3 Å². The molecule has 6 heteroatoms. The van der Waals surface area contributed by atoms with Crippen molar-refractivity contribution in [1.82, 2.24) is 10.6 Å². The lowest BCUT2D eigenvalue weighted by atomic mass is 10.1. The van der Waals surface area contributed by atoms with Crippen LogP contribution in [0.4, 0.5) is 0 Å². The molecule has 2 N–H and O–H groups in total. The fraction of sp³-hybridized carbons (Fsp3) is 0.333. The highest BCUT2D eigenvalue weighted by Crippen LogP contribution is 2.14. The van der Waals surface area contributed by atoms with E-state index in [1.165, 1.54) is 5.56 Å². The van der Waals surface area contributed by atoms with Gasteiger partial charge in [0.05, 0.1) is 6.54 Å². The minimum absolute atomic E-state index is 0.000947. The highest BCUT2D eigenvalue weighted by Gasteiger charge is 2.08. The van der Waals surface area contributed by atoms with Crippen LogP contribution in [0, 0.1) is 13.8 Å². The zero-order valence-electron chi connectivity index (χ0n) is 13.9. The number of amides is 2. The number of hydrogen-bond donors (Lipinski definition) is 2. The standard InChI is InChI=1S/C18H22N2O2S2/c1-13-3-4-16(9-14(13)2)18(22)20-10-17(21)19-6-8-24-12-15-5-7-23-11-15/h3-5,7,9,11H,6,8,10,12H2,1-2H3,(H,19,21)(H,20,22). The summed E-state index contributed by atoms with van der Waals surface area (Å²) in [7, 11) is 0. The number of rotatable bonds is 8. The Morgan fingerprint density at radius 3 is 2.67 bits per heavy atom. The molecule has 0 aliphatic rings. The number of hydrogen-bond acceptors (Lipinski definition) is 4. The van der Waals surface area contributed by atoms with Gasteiger partial charge >= 0.3 is 0 Å². The minimum atomic E-state index is -0.222. The van der Waals surface area contributed by atoms with Gasteiger partial charge in [-0.05, 0) is 59.5 Å². The molecule has 0 aliphatic heterocycles. The van der Waals surface area contributed by atoms with Crippen molar-refractivity contribution in [2.45, 2.75) is 19.6 Å². The number of carbonyl (C=O) groups is 2. The van der Waals surface area contributed by atoms with Crippen LogP contribution in [0.5, 0.6) is 0 Å². The lowest BCUT2D eigenvalue weighted by molar-refractivity contribution is -0.120. The van der Waals surface area contributed by atoms with Crippen molar-refractivity contribution in [3.8, 4) is 0 Å². The first kappa shape index (κ1) is 18.5. The predicted molar refractivity (Wildman–Crippen MR) is 102 cm³/mol. The molecule has 0 unspecified atom stereocenters. The predicted octanol–water partition coefficient (Wildman–Crippen LogP) is 3.14. The van der Waals surface area contributed by atoms with E-state index in [1.54, 1.807) is 29.2 Å². The molecule has 0 aliphatic carbocycles. The van der Waals surface area contributed by atoms with Crippen molar-refractivity contribution in [2.24, 2.45) is 0 Å². The molecule has 2 rings (SSSR count). The Bertz CT molecular complexity index is 684. The van der Waals surface area contributed by atoms with Crippen molar-refractivity contribution < 1.29 is 9.59 Å². The molecule has 0 radical (unpaired) electrons. The lowest BCUT2D eigenvalue weighted by Gasteiger charge is -2.08.